The van der Waals surface area contributed by atoms with E-state index in [2.05, 4.69) is 4.98 Å². The first-order valence-electron chi connectivity index (χ1n) is 9.02. The molecular formula is C23H18N2O4. The molecule has 1 atom stereocenters. The Morgan fingerprint density at radius 1 is 1.03 bits per heavy atom. The Labute approximate surface area is 167 Å². The lowest BCUT2D eigenvalue weighted by atomic mass is 9.94. The van der Waals surface area contributed by atoms with Gasteiger partial charge in [0.05, 0.1) is 13.2 Å². The van der Waals surface area contributed by atoms with Gasteiger partial charge in [0, 0.05) is 29.1 Å². The molecule has 6 heteroatoms. The van der Waals surface area contributed by atoms with Gasteiger partial charge in [0.15, 0.2) is 5.76 Å². The first kappa shape index (κ1) is 18.4. The van der Waals surface area contributed by atoms with Gasteiger partial charge in [-0.25, -0.2) is 0 Å². The fourth-order valence-electron chi connectivity index (χ4n) is 3.45. The topological polar surface area (TPSA) is 79.7 Å². The van der Waals surface area contributed by atoms with Crippen LogP contribution < -0.4 is 4.74 Å². The zero-order valence-corrected chi connectivity index (χ0v) is 15.6. The maximum Gasteiger partial charge on any atom is 0.296 e. The van der Waals surface area contributed by atoms with E-state index in [1.54, 1.807) is 86.2 Å². The minimum atomic E-state index is -0.787. The van der Waals surface area contributed by atoms with Crippen LogP contribution in [0.15, 0.2) is 84.9 Å². The van der Waals surface area contributed by atoms with Gasteiger partial charge in [0.2, 0.25) is 0 Å². The summed E-state index contributed by atoms with van der Waals surface area (Å²) in [5.74, 6) is -1.03. The average Bonchev–Trinajstić information content (AvgIpc) is 3.05. The number of carbonyl (C=O) groups excluding carboxylic acids is 2. The molecule has 6 nitrogen and oxygen atoms in total. The zero-order chi connectivity index (χ0) is 20.4. The van der Waals surface area contributed by atoms with Crippen LogP contribution in [0.2, 0.25) is 0 Å². The molecule has 1 aromatic heterocycles. The van der Waals surface area contributed by atoms with Gasteiger partial charge in [-0.15, -0.1) is 0 Å². The summed E-state index contributed by atoms with van der Waals surface area (Å²) in [7, 11) is 1.56. The van der Waals surface area contributed by atoms with E-state index in [1.807, 2.05) is 0 Å². The standard InChI is InChI=1S/C23H18N2O4/c1-29-18-11-9-15(10-12-18)20-19(17-8-5-13-24-14-17)21(26)23(28)25(20)22(27)16-6-3-2-4-7-16/h2-14,20,26H,1H3. The zero-order valence-electron chi connectivity index (χ0n) is 15.6. The third kappa shape index (κ3) is 3.25. The minimum Gasteiger partial charge on any atom is -0.503 e. The molecule has 0 radical (unpaired) electrons. The van der Waals surface area contributed by atoms with Crippen LogP contribution in [0.25, 0.3) is 5.57 Å². The molecule has 1 aliphatic rings. The molecular weight excluding hydrogens is 368 g/mol. The quantitative estimate of drug-likeness (QED) is 0.690. The van der Waals surface area contributed by atoms with Crippen LogP contribution in [0.5, 0.6) is 5.75 Å². The summed E-state index contributed by atoms with van der Waals surface area (Å²) < 4.78 is 5.21. The molecule has 0 aliphatic carbocycles. The van der Waals surface area contributed by atoms with E-state index in [0.717, 1.165) is 4.90 Å². The summed E-state index contributed by atoms with van der Waals surface area (Å²) in [4.78, 5) is 31.4. The van der Waals surface area contributed by atoms with Crippen molar-refractivity contribution in [2.24, 2.45) is 0 Å². The molecule has 1 N–H and O–H groups in total. The number of nitrogens with zero attached hydrogens (tertiary/aromatic N) is 2. The fraction of sp³-hybridized carbons (Fsp3) is 0.0870. The summed E-state index contributed by atoms with van der Waals surface area (Å²) in [5, 5.41) is 10.7. The summed E-state index contributed by atoms with van der Waals surface area (Å²) in [6.45, 7) is 0. The van der Waals surface area contributed by atoms with Gasteiger partial charge >= 0.3 is 0 Å². The van der Waals surface area contributed by atoms with Crippen molar-refractivity contribution in [3.63, 3.8) is 0 Å². The summed E-state index contributed by atoms with van der Waals surface area (Å²) in [6, 6.07) is 18.3. The predicted molar refractivity (Wildman–Crippen MR) is 107 cm³/mol. The number of amides is 2. The van der Waals surface area contributed by atoms with Crippen LogP contribution in [0.3, 0.4) is 0 Å². The number of rotatable bonds is 4. The van der Waals surface area contributed by atoms with E-state index in [4.69, 9.17) is 4.74 Å². The Morgan fingerprint density at radius 2 is 1.76 bits per heavy atom. The first-order chi connectivity index (χ1) is 14.1. The van der Waals surface area contributed by atoms with Crippen LogP contribution in [0.1, 0.15) is 27.5 Å². The van der Waals surface area contributed by atoms with Crippen molar-refractivity contribution in [3.8, 4) is 5.75 Å². The maximum absolute atomic E-state index is 13.2. The minimum absolute atomic E-state index is 0.345. The van der Waals surface area contributed by atoms with E-state index in [9.17, 15) is 14.7 Å². The highest BCUT2D eigenvalue weighted by atomic mass is 16.5. The second kappa shape index (κ2) is 7.59. The van der Waals surface area contributed by atoms with Gasteiger partial charge in [-0.2, -0.15) is 0 Å². The largest absolute Gasteiger partial charge is 0.503 e. The SMILES string of the molecule is COc1ccc(C2C(c3cccnc3)=C(O)C(=O)N2C(=O)c2ccccc2)cc1. The van der Waals surface area contributed by atoms with Crippen molar-refractivity contribution in [2.75, 3.05) is 7.11 Å². The predicted octanol–water partition coefficient (Wildman–Crippen LogP) is 3.78. The molecule has 29 heavy (non-hydrogen) atoms. The molecule has 4 rings (SSSR count). The number of aliphatic hydroxyl groups is 1. The van der Waals surface area contributed by atoms with E-state index in [1.165, 1.54) is 0 Å². The van der Waals surface area contributed by atoms with Gasteiger partial charge < -0.3 is 9.84 Å². The summed E-state index contributed by atoms with van der Waals surface area (Å²) in [6.07, 6.45) is 3.17. The van der Waals surface area contributed by atoms with Gasteiger partial charge in [-0.05, 0) is 35.9 Å². The van der Waals surface area contributed by atoms with E-state index < -0.39 is 23.6 Å². The Kier molecular flexibility index (Phi) is 4.83. The van der Waals surface area contributed by atoms with Crippen LogP contribution in [0.4, 0.5) is 0 Å². The van der Waals surface area contributed by atoms with Crippen LogP contribution in [-0.4, -0.2) is 33.9 Å². The van der Waals surface area contributed by atoms with Gasteiger partial charge in [-0.1, -0.05) is 36.4 Å². The smallest absolute Gasteiger partial charge is 0.296 e. The summed E-state index contributed by atoms with van der Waals surface area (Å²) >= 11 is 0. The lowest BCUT2D eigenvalue weighted by Crippen LogP contribution is -2.36. The molecule has 1 aliphatic heterocycles. The third-order valence-corrected chi connectivity index (χ3v) is 4.85. The number of methoxy groups -OCH3 is 1. The van der Waals surface area contributed by atoms with Gasteiger partial charge in [-0.3, -0.25) is 19.5 Å². The molecule has 0 bridgehead atoms. The van der Waals surface area contributed by atoms with Crippen molar-refractivity contribution < 1.29 is 19.4 Å². The van der Waals surface area contributed by atoms with Crippen molar-refractivity contribution >= 4 is 17.4 Å². The van der Waals surface area contributed by atoms with E-state index >= 15 is 0 Å². The Morgan fingerprint density at radius 3 is 2.38 bits per heavy atom. The lowest BCUT2D eigenvalue weighted by molar-refractivity contribution is -0.126. The van der Waals surface area contributed by atoms with Crippen molar-refractivity contribution in [2.45, 2.75) is 6.04 Å². The molecule has 0 saturated carbocycles. The molecule has 3 aromatic rings. The van der Waals surface area contributed by atoms with E-state index in [0.29, 0.717) is 28.0 Å². The van der Waals surface area contributed by atoms with Crippen LogP contribution >= 0.6 is 0 Å². The van der Waals surface area contributed by atoms with Crippen molar-refractivity contribution in [1.29, 1.82) is 0 Å². The highest BCUT2D eigenvalue weighted by Gasteiger charge is 2.44. The first-order valence-corrected chi connectivity index (χ1v) is 9.02. The number of hydrogen-bond donors (Lipinski definition) is 1. The normalized spacial score (nSPS) is 16.2. The second-order valence-corrected chi connectivity index (χ2v) is 6.53. The highest BCUT2D eigenvalue weighted by Crippen LogP contribution is 2.43. The second-order valence-electron chi connectivity index (χ2n) is 6.53. The highest BCUT2D eigenvalue weighted by molar-refractivity contribution is 6.16. The number of carbonyl (C=O) groups is 2. The molecule has 144 valence electrons. The third-order valence-electron chi connectivity index (χ3n) is 4.85. The van der Waals surface area contributed by atoms with Crippen molar-refractivity contribution in [1.82, 2.24) is 9.88 Å². The Bertz CT molecular complexity index is 1080. The Balaban J connectivity index is 1.86. The maximum atomic E-state index is 13.2. The van der Waals surface area contributed by atoms with Crippen LogP contribution in [0, 0.1) is 0 Å². The summed E-state index contributed by atoms with van der Waals surface area (Å²) in [5.41, 5.74) is 1.95. The van der Waals surface area contributed by atoms with E-state index in [-0.39, 0.29) is 0 Å². The van der Waals surface area contributed by atoms with Crippen molar-refractivity contribution in [3.05, 3.63) is 102 Å². The molecule has 0 spiro atoms. The van der Waals surface area contributed by atoms with Crippen LogP contribution in [-0.2, 0) is 4.79 Å². The Hall–Kier alpha value is -3.93. The number of imide groups is 1. The molecule has 0 fully saturated rings. The van der Waals surface area contributed by atoms with Gasteiger partial charge in [0.25, 0.3) is 11.8 Å². The molecule has 1 unspecified atom stereocenters. The molecule has 2 aromatic carbocycles. The number of pyridine rings is 1. The molecule has 2 amide bonds. The number of benzene rings is 2. The number of hydrogen-bond acceptors (Lipinski definition) is 5. The molecule has 2 heterocycles. The number of aromatic nitrogens is 1. The monoisotopic (exact) mass is 386 g/mol. The number of aliphatic hydroxyl groups excluding tert-OH is 1. The van der Waals surface area contributed by atoms with Gasteiger partial charge in [0.1, 0.15) is 5.75 Å². The molecule has 0 saturated heterocycles. The lowest BCUT2D eigenvalue weighted by Gasteiger charge is -2.26. The fourth-order valence-corrected chi connectivity index (χ4v) is 3.45. The average molecular weight is 386 g/mol. The number of ether oxygens (including phenoxy) is 1.